The maximum absolute atomic E-state index is 12.4. The Balaban J connectivity index is 1.58. The van der Waals surface area contributed by atoms with Gasteiger partial charge in [-0.2, -0.15) is 5.10 Å². The van der Waals surface area contributed by atoms with Crippen molar-refractivity contribution in [2.75, 3.05) is 0 Å². The van der Waals surface area contributed by atoms with Crippen molar-refractivity contribution in [3.05, 3.63) is 82.2 Å². The van der Waals surface area contributed by atoms with Gasteiger partial charge in [0.1, 0.15) is 4.88 Å². The number of benzene rings is 3. The number of fused-ring (bicyclic) bond motifs is 2. The Morgan fingerprint density at radius 3 is 2.52 bits per heavy atom. The first-order chi connectivity index (χ1) is 12.2. The highest BCUT2D eigenvalue weighted by atomic mass is 35.5. The summed E-state index contributed by atoms with van der Waals surface area (Å²) in [5.41, 5.74) is 3.52. The maximum atomic E-state index is 12.4. The molecule has 0 bridgehead atoms. The Bertz CT molecular complexity index is 1110. The number of carbonyl (C=O) groups excluding carboxylic acids is 1. The summed E-state index contributed by atoms with van der Waals surface area (Å²) < 4.78 is 0.982. The second-order valence-electron chi connectivity index (χ2n) is 5.51. The van der Waals surface area contributed by atoms with E-state index >= 15 is 0 Å². The lowest BCUT2D eigenvalue weighted by Crippen LogP contribution is -2.16. The SMILES string of the molecule is O=C(NN=Cc1cccc2ccccc12)c1sc2ccccc2c1Cl. The molecule has 25 heavy (non-hydrogen) atoms. The van der Waals surface area contributed by atoms with Crippen molar-refractivity contribution in [3.63, 3.8) is 0 Å². The van der Waals surface area contributed by atoms with Crippen LogP contribution < -0.4 is 5.43 Å². The molecule has 5 heteroatoms. The van der Waals surface area contributed by atoms with E-state index in [-0.39, 0.29) is 5.91 Å². The minimum absolute atomic E-state index is 0.303. The van der Waals surface area contributed by atoms with Crippen molar-refractivity contribution in [2.24, 2.45) is 5.10 Å². The van der Waals surface area contributed by atoms with Crippen LogP contribution in [0.15, 0.2) is 71.8 Å². The Morgan fingerprint density at radius 1 is 0.960 bits per heavy atom. The van der Waals surface area contributed by atoms with Gasteiger partial charge in [0.25, 0.3) is 5.91 Å². The topological polar surface area (TPSA) is 41.5 Å². The molecule has 1 heterocycles. The van der Waals surface area contributed by atoms with Gasteiger partial charge in [0, 0.05) is 15.6 Å². The molecule has 4 aromatic rings. The van der Waals surface area contributed by atoms with E-state index in [9.17, 15) is 4.79 Å². The lowest BCUT2D eigenvalue weighted by atomic mass is 10.1. The van der Waals surface area contributed by atoms with Crippen LogP contribution in [-0.4, -0.2) is 12.1 Å². The third kappa shape index (κ3) is 3.02. The summed E-state index contributed by atoms with van der Waals surface area (Å²) in [5.74, 6) is -0.303. The minimum atomic E-state index is -0.303. The van der Waals surface area contributed by atoms with Crippen molar-refractivity contribution < 1.29 is 4.79 Å². The summed E-state index contributed by atoms with van der Waals surface area (Å²) >= 11 is 7.69. The van der Waals surface area contributed by atoms with Gasteiger partial charge in [-0.25, -0.2) is 5.43 Å². The van der Waals surface area contributed by atoms with Crippen LogP contribution in [-0.2, 0) is 0 Å². The molecule has 122 valence electrons. The van der Waals surface area contributed by atoms with Crippen molar-refractivity contribution in [2.45, 2.75) is 0 Å². The number of hydrogen-bond donors (Lipinski definition) is 1. The Morgan fingerprint density at radius 2 is 1.68 bits per heavy atom. The fraction of sp³-hybridized carbons (Fsp3) is 0. The highest BCUT2D eigenvalue weighted by Crippen LogP contribution is 2.34. The molecule has 1 N–H and O–H groups in total. The summed E-state index contributed by atoms with van der Waals surface area (Å²) in [6.45, 7) is 0. The van der Waals surface area contributed by atoms with Gasteiger partial charge in [0.15, 0.2) is 0 Å². The predicted molar refractivity (Wildman–Crippen MR) is 106 cm³/mol. The van der Waals surface area contributed by atoms with E-state index in [1.165, 1.54) is 11.3 Å². The molecular weight excluding hydrogens is 352 g/mol. The average Bonchev–Trinajstić information content (AvgIpc) is 2.99. The van der Waals surface area contributed by atoms with Crippen molar-refractivity contribution in [1.29, 1.82) is 0 Å². The van der Waals surface area contributed by atoms with E-state index in [4.69, 9.17) is 11.6 Å². The van der Waals surface area contributed by atoms with Crippen LogP contribution >= 0.6 is 22.9 Å². The van der Waals surface area contributed by atoms with E-state index < -0.39 is 0 Å². The molecule has 0 aliphatic heterocycles. The third-order valence-electron chi connectivity index (χ3n) is 3.93. The van der Waals surface area contributed by atoms with Gasteiger partial charge in [0.05, 0.1) is 11.2 Å². The number of rotatable bonds is 3. The smallest absolute Gasteiger partial charge is 0.266 e. The van der Waals surface area contributed by atoms with Crippen LogP contribution in [0.25, 0.3) is 20.9 Å². The Hall–Kier alpha value is -2.69. The number of thiophene rings is 1. The second-order valence-corrected chi connectivity index (χ2v) is 6.94. The van der Waals surface area contributed by atoms with Gasteiger partial charge >= 0.3 is 0 Å². The average molecular weight is 365 g/mol. The molecular formula is C20H13ClN2OS. The van der Waals surface area contributed by atoms with Gasteiger partial charge in [-0.1, -0.05) is 72.3 Å². The zero-order valence-electron chi connectivity index (χ0n) is 13.1. The molecule has 4 rings (SSSR count). The molecule has 0 fully saturated rings. The van der Waals surface area contributed by atoms with E-state index in [1.807, 2.05) is 66.7 Å². The van der Waals surface area contributed by atoms with Gasteiger partial charge in [-0.3, -0.25) is 4.79 Å². The monoisotopic (exact) mass is 364 g/mol. The van der Waals surface area contributed by atoms with Crippen LogP contribution in [0, 0.1) is 0 Å². The maximum Gasteiger partial charge on any atom is 0.283 e. The first-order valence-corrected chi connectivity index (χ1v) is 8.92. The van der Waals surface area contributed by atoms with Crippen molar-refractivity contribution >= 4 is 55.9 Å². The van der Waals surface area contributed by atoms with Crippen molar-refractivity contribution in [1.82, 2.24) is 5.43 Å². The molecule has 0 saturated carbocycles. The molecule has 1 amide bonds. The van der Waals surface area contributed by atoms with E-state index in [1.54, 1.807) is 6.21 Å². The summed E-state index contributed by atoms with van der Waals surface area (Å²) in [6, 6.07) is 21.7. The number of halogens is 1. The normalized spacial score (nSPS) is 11.4. The first kappa shape index (κ1) is 15.8. The molecule has 3 nitrogen and oxygen atoms in total. The van der Waals surface area contributed by atoms with Gasteiger partial charge in [0.2, 0.25) is 0 Å². The summed E-state index contributed by atoms with van der Waals surface area (Å²) in [5, 5.41) is 7.68. The Kier molecular flexibility index (Phi) is 4.22. The van der Waals surface area contributed by atoms with E-state index in [0.717, 1.165) is 26.4 Å². The number of amides is 1. The van der Waals surface area contributed by atoms with E-state index in [0.29, 0.717) is 9.90 Å². The predicted octanol–water partition coefficient (Wildman–Crippen LogP) is 5.47. The number of nitrogens with one attached hydrogen (secondary N) is 1. The molecule has 0 saturated heterocycles. The molecule has 0 spiro atoms. The van der Waals surface area contributed by atoms with Crippen molar-refractivity contribution in [3.8, 4) is 0 Å². The number of nitrogens with zero attached hydrogens (tertiary/aromatic N) is 1. The van der Waals surface area contributed by atoms with Gasteiger partial charge in [-0.15, -0.1) is 11.3 Å². The third-order valence-corrected chi connectivity index (χ3v) is 5.61. The molecule has 3 aromatic carbocycles. The highest BCUT2D eigenvalue weighted by molar-refractivity contribution is 7.21. The molecule has 0 aliphatic carbocycles. The van der Waals surface area contributed by atoms with Crippen LogP contribution in [0.4, 0.5) is 0 Å². The number of carbonyl (C=O) groups is 1. The molecule has 1 aromatic heterocycles. The van der Waals surface area contributed by atoms with Gasteiger partial charge in [-0.05, 0) is 16.8 Å². The number of hydrazone groups is 1. The van der Waals surface area contributed by atoms with Crippen LogP contribution in [0.2, 0.25) is 5.02 Å². The molecule has 0 unspecified atom stereocenters. The molecule has 0 radical (unpaired) electrons. The number of hydrogen-bond acceptors (Lipinski definition) is 3. The minimum Gasteiger partial charge on any atom is -0.266 e. The quantitative estimate of drug-likeness (QED) is 0.380. The van der Waals surface area contributed by atoms with Crippen LogP contribution in [0.5, 0.6) is 0 Å². The highest BCUT2D eigenvalue weighted by Gasteiger charge is 2.16. The zero-order chi connectivity index (χ0) is 17.2. The lowest BCUT2D eigenvalue weighted by Gasteiger charge is -2.01. The first-order valence-electron chi connectivity index (χ1n) is 7.72. The second kappa shape index (κ2) is 6.67. The van der Waals surface area contributed by atoms with Crippen LogP contribution in [0.3, 0.4) is 0 Å². The van der Waals surface area contributed by atoms with Crippen LogP contribution in [0.1, 0.15) is 15.2 Å². The summed E-state index contributed by atoms with van der Waals surface area (Å²) in [7, 11) is 0. The Labute approximate surface area is 153 Å². The zero-order valence-corrected chi connectivity index (χ0v) is 14.6. The standard InChI is InChI=1S/C20H13ClN2OS/c21-18-16-10-3-4-11-17(16)25-19(18)20(24)23-22-12-14-8-5-7-13-6-1-2-9-15(13)14/h1-12H,(H,23,24). The summed E-state index contributed by atoms with van der Waals surface area (Å²) in [4.78, 5) is 12.9. The van der Waals surface area contributed by atoms with Gasteiger partial charge < -0.3 is 0 Å². The molecule has 0 atom stereocenters. The molecule has 0 aliphatic rings. The fourth-order valence-electron chi connectivity index (χ4n) is 2.73. The van der Waals surface area contributed by atoms with E-state index in [2.05, 4.69) is 10.5 Å². The lowest BCUT2D eigenvalue weighted by molar-refractivity contribution is 0.0959. The summed E-state index contributed by atoms with van der Waals surface area (Å²) in [6.07, 6.45) is 1.65. The largest absolute Gasteiger partial charge is 0.283 e. The fourth-order valence-corrected chi connectivity index (χ4v) is 4.14.